The Bertz CT molecular complexity index is 517. The molecule has 1 amide bonds. The summed E-state index contributed by atoms with van der Waals surface area (Å²) >= 11 is 0. The van der Waals surface area contributed by atoms with Crippen LogP contribution in [0.25, 0.3) is 0 Å². The van der Waals surface area contributed by atoms with Crippen molar-refractivity contribution in [2.24, 2.45) is 5.73 Å². The summed E-state index contributed by atoms with van der Waals surface area (Å²) in [4.78, 5) is 26.3. The third-order valence-corrected chi connectivity index (χ3v) is 3.52. The van der Waals surface area contributed by atoms with Gasteiger partial charge in [0, 0.05) is 6.42 Å². The van der Waals surface area contributed by atoms with E-state index in [9.17, 15) is 9.59 Å². The van der Waals surface area contributed by atoms with Gasteiger partial charge in [-0.15, -0.1) is 5.10 Å². The van der Waals surface area contributed by atoms with Crippen molar-refractivity contribution in [2.75, 3.05) is 6.61 Å². The minimum Gasteiger partial charge on any atom is -0.463 e. The third kappa shape index (κ3) is 4.52. The summed E-state index contributed by atoms with van der Waals surface area (Å²) in [6, 6.07) is 0. The topological polar surface area (TPSA) is 109 Å². The summed E-state index contributed by atoms with van der Waals surface area (Å²) in [5, 5.41) is 3.97. The largest absolute Gasteiger partial charge is 0.463 e. The molecule has 1 saturated heterocycles. The Morgan fingerprint density at radius 3 is 2.95 bits per heavy atom. The Morgan fingerprint density at radius 1 is 1.45 bits per heavy atom. The Kier molecular flexibility index (Phi) is 5.88. The maximum Gasteiger partial charge on any atom is 0.305 e. The predicted molar refractivity (Wildman–Crippen MR) is 76.8 cm³/mol. The molecule has 0 radical (unpaired) electrons. The van der Waals surface area contributed by atoms with Gasteiger partial charge in [0.25, 0.3) is 5.91 Å². The van der Waals surface area contributed by atoms with Gasteiger partial charge in [0.15, 0.2) is 6.23 Å². The molecule has 1 aliphatic rings. The molecule has 1 fully saturated rings. The molecule has 0 spiro atoms. The molecule has 0 bridgehead atoms. The first-order chi connectivity index (χ1) is 10.6. The number of amides is 1. The first-order valence-electron chi connectivity index (χ1n) is 7.62. The summed E-state index contributed by atoms with van der Waals surface area (Å²) in [6.45, 7) is 2.34. The number of carbonyl (C=O) groups excluding carboxylic acids is 2. The van der Waals surface area contributed by atoms with Crippen LogP contribution in [0.2, 0.25) is 0 Å². The molecule has 22 heavy (non-hydrogen) atoms. The smallest absolute Gasteiger partial charge is 0.305 e. The maximum atomic E-state index is 11.5. The minimum absolute atomic E-state index is 0.0330. The average Bonchev–Trinajstić information content (AvgIpc) is 3.14. The molecule has 122 valence electrons. The lowest BCUT2D eigenvalue weighted by Gasteiger charge is -2.13. The molecule has 1 aromatic rings. The van der Waals surface area contributed by atoms with Gasteiger partial charge < -0.3 is 15.2 Å². The van der Waals surface area contributed by atoms with Gasteiger partial charge in [0.1, 0.15) is 12.9 Å². The SMILES string of the molecule is CCCCCC(=O)OCC1CCC(n2cnc(C(N)=O)n2)O1. The molecule has 8 nitrogen and oxygen atoms in total. The van der Waals surface area contributed by atoms with E-state index >= 15 is 0 Å². The van der Waals surface area contributed by atoms with Crippen molar-refractivity contribution in [3.05, 3.63) is 12.2 Å². The summed E-state index contributed by atoms with van der Waals surface area (Å²) in [7, 11) is 0. The zero-order chi connectivity index (χ0) is 15.9. The van der Waals surface area contributed by atoms with E-state index in [-0.39, 0.29) is 30.7 Å². The molecule has 1 aromatic heterocycles. The molecule has 8 heteroatoms. The molecule has 0 saturated carbocycles. The molecule has 2 rings (SSSR count). The second-order valence-electron chi connectivity index (χ2n) is 5.34. The van der Waals surface area contributed by atoms with E-state index in [0.717, 1.165) is 32.1 Å². The molecule has 1 aliphatic heterocycles. The van der Waals surface area contributed by atoms with Gasteiger partial charge in [0.05, 0.1) is 6.10 Å². The Balaban J connectivity index is 1.73. The quantitative estimate of drug-likeness (QED) is 0.570. The van der Waals surface area contributed by atoms with Gasteiger partial charge in [-0.25, -0.2) is 9.67 Å². The van der Waals surface area contributed by atoms with Crippen LogP contribution in [0.1, 0.15) is 62.3 Å². The number of esters is 1. The van der Waals surface area contributed by atoms with Crippen molar-refractivity contribution in [2.45, 2.75) is 57.8 Å². The van der Waals surface area contributed by atoms with Crippen LogP contribution in [0.4, 0.5) is 0 Å². The van der Waals surface area contributed by atoms with E-state index in [1.54, 1.807) is 0 Å². The Hall–Kier alpha value is -1.96. The van der Waals surface area contributed by atoms with Crippen molar-refractivity contribution in [3.8, 4) is 0 Å². The second-order valence-corrected chi connectivity index (χ2v) is 5.34. The molecule has 2 N–H and O–H groups in total. The van der Waals surface area contributed by atoms with E-state index in [2.05, 4.69) is 17.0 Å². The molecule has 2 unspecified atom stereocenters. The van der Waals surface area contributed by atoms with E-state index in [0.29, 0.717) is 6.42 Å². The number of hydrogen-bond donors (Lipinski definition) is 1. The van der Waals surface area contributed by atoms with Gasteiger partial charge in [0.2, 0.25) is 5.82 Å². The molecular weight excluding hydrogens is 288 g/mol. The first-order valence-corrected chi connectivity index (χ1v) is 7.62. The van der Waals surface area contributed by atoms with Gasteiger partial charge in [-0.2, -0.15) is 0 Å². The number of aromatic nitrogens is 3. The number of rotatable bonds is 8. The fourth-order valence-electron chi connectivity index (χ4n) is 2.31. The predicted octanol–water partition coefficient (Wildman–Crippen LogP) is 1.18. The van der Waals surface area contributed by atoms with Crippen molar-refractivity contribution >= 4 is 11.9 Å². The lowest BCUT2D eigenvalue weighted by atomic mass is 10.2. The standard InChI is InChI=1S/C14H22N4O4/c1-2-3-4-5-12(19)21-8-10-6-7-11(22-10)18-9-16-14(17-18)13(15)20/h9-11H,2-8H2,1H3,(H2,15,20). The molecule has 2 atom stereocenters. The normalized spacial score (nSPS) is 21.0. The highest BCUT2D eigenvalue weighted by Gasteiger charge is 2.28. The number of ether oxygens (including phenoxy) is 2. The zero-order valence-corrected chi connectivity index (χ0v) is 12.7. The van der Waals surface area contributed by atoms with Crippen LogP contribution in [0.15, 0.2) is 6.33 Å². The van der Waals surface area contributed by atoms with E-state index in [1.165, 1.54) is 11.0 Å². The van der Waals surface area contributed by atoms with Crippen LogP contribution in [-0.4, -0.2) is 39.4 Å². The van der Waals surface area contributed by atoms with Crippen LogP contribution in [-0.2, 0) is 14.3 Å². The van der Waals surface area contributed by atoms with Crippen LogP contribution >= 0.6 is 0 Å². The lowest BCUT2D eigenvalue weighted by Crippen LogP contribution is -2.20. The summed E-state index contributed by atoms with van der Waals surface area (Å²) in [6.07, 6.45) is 5.87. The number of nitrogens with zero attached hydrogens (tertiary/aromatic N) is 3. The Morgan fingerprint density at radius 2 is 2.27 bits per heavy atom. The molecule has 2 heterocycles. The highest BCUT2D eigenvalue weighted by atomic mass is 16.6. The number of hydrogen-bond acceptors (Lipinski definition) is 6. The van der Waals surface area contributed by atoms with E-state index in [4.69, 9.17) is 15.2 Å². The molecular formula is C14H22N4O4. The van der Waals surface area contributed by atoms with E-state index in [1.807, 2.05) is 0 Å². The minimum atomic E-state index is -0.672. The fourth-order valence-corrected chi connectivity index (χ4v) is 2.31. The number of primary amides is 1. The maximum absolute atomic E-state index is 11.5. The second kappa shape index (κ2) is 7.88. The average molecular weight is 310 g/mol. The fraction of sp³-hybridized carbons (Fsp3) is 0.714. The van der Waals surface area contributed by atoms with E-state index < -0.39 is 5.91 Å². The molecule has 0 aromatic carbocycles. The monoisotopic (exact) mass is 310 g/mol. The van der Waals surface area contributed by atoms with Crippen LogP contribution in [0.3, 0.4) is 0 Å². The van der Waals surface area contributed by atoms with Crippen molar-refractivity contribution in [1.82, 2.24) is 14.8 Å². The Labute approximate surface area is 129 Å². The first kappa shape index (κ1) is 16.4. The van der Waals surface area contributed by atoms with Gasteiger partial charge >= 0.3 is 5.97 Å². The zero-order valence-electron chi connectivity index (χ0n) is 12.7. The van der Waals surface area contributed by atoms with Crippen LogP contribution in [0, 0.1) is 0 Å². The summed E-state index contributed by atoms with van der Waals surface area (Å²) in [5.74, 6) is -0.888. The van der Waals surface area contributed by atoms with Gasteiger partial charge in [-0.05, 0) is 19.3 Å². The van der Waals surface area contributed by atoms with Gasteiger partial charge in [-0.3, -0.25) is 9.59 Å². The lowest BCUT2D eigenvalue weighted by molar-refractivity contribution is -0.148. The van der Waals surface area contributed by atoms with Crippen LogP contribution < -0.4 is 5.73 Å². The highest BCUT2D eigenvalue weighted by Crippen LogP contribution is 2.27. The van der Waals surface area contributed by atoms with Crippen molar-refractivity contribution in [1.29, 1.82) is 0 Å². The number of unbranched alkanes of at least 4 members (excludes halogenated alkanes) is 2. The van der Waals surface area contributed by atoms with Crippen molar-refractivity contribution in [3.63, 3.8) is 0 Å². The van der Waals surface area contributed by atoms with Crippen molar-refractivity contribution < 1.29 is 19.1 Å². The highest BCUT2D eigenvalue weighted by molar-refractivity contribution is 5.88. The van der Waals surface area contributed by atoms with Gasteiger partial charge in [-0.1, -0.05) is 19.8 Å². The number of nitrogens with two attached hydrogens (primary N) is 1. The van der Waals surface area contributed by atoms with Crippen LogP contribution in [0.5, 0.6) is 0 Å². The molecule has 0 aliphatic carbocycles. The third-order valence-electron chi connectivity index (χ3n) is 3.52. The summed E-state index contributed by atoms with van der Waals surface area (Å²) < 4.78 is 12.4. The number of carbonyl (C=O) groups is 2. The summed E-state index contributed by atoms with van der Waals surface area (Å²) in [5.41, 5.74) is 5.11.